The van der Waals surface area contributed by atoms with Crippen molar-refractivity contribution in [1.29, 1.82) is 0 Å². The van der Waals surface area contributed by atoms with Gasteiger partial charge in [-0.25, -0.2) is 0 Å². The lowest BCUT2D eigenvalue weighted by Crippen LogP contribution is -2.53. The first kappa shape index (κ1) is 19.6. The van der Waals surface area contributed by atoms with Crippen LogP contribution in [0.15, 0.2) is 42.9 Å². The third kappa shape index (κ3) is 4.33. The van der Waals surface area contributed by atoms with Crippen molar-refractivity contribution < 1.29 is 9.59 Å². The van der Waals surface area contributed by atoms with E-state index in [0.717, 1.165) is 57.6 Å². The van der Waals surface area contributed by atoms with Crippen molar-refractivity contribution in [2.45, 2.75) is 45.1 Å². The maximum atomic E-state index is 12.8. The van der Waals surface area contributed by atoms with E-state index in [1.165, 1.54) is 0 Å². The van der Waals surface area contributed by atoms with Crippen molar-refractivity contribution in [3.63, 3.8) is 0 Å². The Balaban J connectivity index is 1.33. The highest BCUT2D eigenvalue weighted by molar-refractivity contribution is 5.80. The van der Waals surface area contributed by atoms with Gasteiger partial charge < -0.3 is 9.80 Å². The number of piperidine rings is 2. The Morgan fingerprint density at radius 3 is 2.69 bits per heavy atom. The van der Waals surface area contributed by atoms with Gasteiger partial charge in [-0.05, 0) is 49.8 Å². The highest BCUT2D eigenvalue weighted by atomic mass is 16.2. The molecule has 7 nitrogen and oxygen atoms in total. The van der Waals surface area contributed by atoms with E-state index in [2.05, 4.69) is 10.1 Å². The van der Waals surface area contributed by atoms with E-state index in [-0.39, 0.29) is 23.3 Å². The molecule has 0 aliphatic carbocycles. The van der Waals surface area contributed by atoms with Gasteiger partial charge in [0.2, 0.25) is 11.8 Å². The molecule has 0 radical (unpaired) electrons. The van der Waals surface area contributed by atoms with Gasteiger partial charge in [-0.3, -0.25) is 19.3 Å². The number of hydrogen-bond donors (Lipinski definition) is 0. The molecule has 2 aromatic rings. The summed E-state index contributed by atoms with van der Waals surface area (Å²) in [6.45, 7) is 4.93. The monoisotopic (exact) mass is 395 g/mol. The van der Waals surface area contributed by atoms with Gasteiger partial charge >= 0.3 is 0 Å². The highest BCUT2D eigenvalue weighted by Crippen LogP contribution is 2.40. The molecule has 0 N–H and O–H groups in total. The van der Waals surface area contributed by atoms with E-state index in [0.29, 0.717) is 6.42 Å². The van der Waals surface area contributed by atoms with Gasteiger partial charge in [-0.15, -0.1) is 0 Å². The first-order valence-corrected chi connectivity index (χ1v) is 10.5. The molecule has 2 fully saturated rings. The molecule has 7 heteroatoms. The Kier molecular flexibility index (Phi) is 5.65. The third-order valence-electron chi connectivity index (χ3n) is 6.53. The van der Waals surface area contributed by atoms with Crippen LogP contribution in [0.4, 0.5) is 0 Å². The molecule has 1 atom stereocenters. The first-order chi connectivity index (χ1) is 14.1. The summed E-state index contributed by atoms with van der Waals surface area (Å²) in [6.07, 6.45) is 9.58. The van der Waals surface area contributed by atoms with Gasteiger partial charge in [-0.2, -0.15) is 5.10 Å². The average molecular weight is 396 g/mol. The maximum Gasteiger partial charge on any atom is 0.247 e. The van der Waals surface area contributed by atoms with Crippen LogP contribution in [0, 0.1) is 5.41 Å². The van der Waals surface area contributed by atoms with Crippen molar-refractivity contribution in [2.75, 3.05) is 26.2 Å². The van der Waals surface area contributed by atoms with Gasteiger partial charge in [0.25, 0.3) is 0 Å². The van der Waals surface area contributed by atoms with Crippen LogP contribution in [-0.2, 0) is 16.0 Å². The Morgan fingerprint density at radius 2 is 2.00 bits per heavy atom. The van der Waals surface area contributed by atoms with Crippen LogP contribution in [0.25, 0.3) is 0 Å². The summed E-state index contributed by atoms with van der Waals surface area (Å²) in [4.78, 5) is 33.7. The van der Waals surface area contributed by atoms with Crippen molar-refractivity contribution in [3.8, 4) is 0 Å². The van der Waals surface area contributed by atoms with E-state index < -0.39 is 0 Å². The molecule has 0 bridgehead atoms. The van der Waals surface area contributed by atoms with Crippen molar-refractivity contribution >= 4 is 11.8 Å². The standard InChI is InChI=1S/C22H29N5O2/c1-18(27-13-4-12-24-27)21(29)25-15-9-22(10-16-25)8-6-20(28)26(17-22)14-7-19-5-2-3-11-23-19/h2-5,11-13,18H,6-10,14-17H2,1H3/t18-/m0/s1. The summed E-state index contributed by atoms with van der Waals surface area (Å²) < 4.78 is 1.71. The largest absolute Gasteiger partial charge is 0.342 e. The predicted octanol–water partition coefficient (Wildman–Crippen LogP) is 2.31. The number of rotatable bonds is 5. The minimum absolute atomic E-state index is 0.127. The highest BCUT2D eigenvalue weighted by Gasteiger charge is 2.42. The molecule has 0 unspecified atom stereocenters. The normalized spacial score (nSPS) is 20.1. The van der Waals surface area contributed by atoms with Gasteiger partial charge in [0.1, 0.15) is 6.04 Å². The Labute approximate surface area is 171 Å². The smallest absolute Gasteiger partial charge is 0.247 e. The topological polar surface area (TPSA) is 71.3 Å². The van der Waals surface area contributed by atoms with Gasteiger partial charge in [-0.1, -0.05) is 6.07 Å². The van der Waals surface area contributed by atoms with Crippen molar-refractivity contribution in [3.05, 3.63) is 48.5 Å². The molecule has 2 saturated heterocycles. The molecule has 1 spiro atoms. The molecule has 0 saturated carbocycles. The zero-order valence-electron chi connectivity index (χ0n) is 17.0. The lowest BCUT2D eigenvalue weighted by molar-refractivity contribution is -0.143. The number of pyridine rings is 1. The van der Waals surface area contributed by atoms with Crippen LogP contribution in [-0.4, -0.2) is 62.6 Å². The Morgan fingerprint density at radius 1 is 1.17 bits per heavy atom. The summed E-state index contributed by atoms with van der Waals surface area (Å²) in [5.41, 5.74) is 1.16. The number of likely N-dealkylation sites (tertiary alicyclic amines) is 2. The second-order valence-corrected chi connectivity index (χ2v) is 8.37. The van der Waals surface area contributed by atoms with Crippen LogP contribution in [0.2, 0.25) is 0 Å². The van der Waals surface area contributed by atoms with Crippen LogP contribution in [0.1, 0.15) is 44.3 Å². The lowest BCUT2D eigenvalue weighted by Gasteiger charge is -2.47. The van der Waals surface area contributed by atoms with Gasteiger partial charge in [0, 0.05) is 63.3 Å². The zero-order chi connectivity index (χ0) is 20.3. The molecule has 2 aliphatic heterocycles. The minimum Gasteiger partial charge on any atom is -0.342 e. The fourth-order valence-electron chi connectivity index (χ4n) is 4.60. The van der Waals surface area contributed by atoms with Crippen LogP contribution in [0.5, 0.6) is 0 Å². The summed E-state index contributed by atoms with van der Waals surface area (Å²) >= 11 is 0. The molecular formula is C22H29N5O2. The maximum absolute atomic E-state index is 12.8. The molecule has 2 amide bonds. The van der Waals surface area contributed by atoms with Crippen LogP contribution in [0.3, 0.4) is 0 Å². The second-order valence-electron chi connectivity index (χ2n) is 8.37. The number of nitrogens with zero attached hydrogens (tertiary/aromatic N) is 5. The second kappa shape index (κ2) is 8.35. The van der Waals surface area contributed by atoms with E-state index in [1.807, 2.05) is 47.2 Å². The van der Waals surface area contributed by atoms with Crippen LogP contribution < -0.4 is 0 Å². The average Bonchev–Trinajstić information content (AvgIpc) is 3.30. The molecule has 29 heavy (non-hydrogen) atoms. The fourth-order valence-corrected chi connectivity index (χ4v) is 4.60. The molecule has 2 aliphatic rings. The van der Waals surface area contributed by atoms with Gasteiger partial charge in [0.15, 0.2) is 0 Å². The molecule has 0 aromatic carbocycles. The summed E-state index contributed by atoms with van der Waals surface area (Å²) in [6, 6.07) is 7.47. The van der Waals surface area contributed by atoms with Crippen molar-refractivity contribution in [1.82, 2.24) is 24.6 Å². The fraction of sp³-hybridized carbons (Fsp3) is 0.545. The predicted molar refractivity (Wildman–Crippen MR) is 109 cm³/mol. The first-order valence-electron chi connectivity index (χ1n) is 10.5. The number of carbonyl (C=O) groups excluding carboxylic acids is 2. The number of carbonyl (C=O) groups is 2. The SMILES string of the molecule is C[C@@H](C(=O)N1CCC2(CCC(=O)N(CCc3ccccn3)C2)CC1)n1cccn1. The Bertz CT molecular complexity index is 828. The lowest BCUT2D eigenvalue weighted by atomic mass is 9.72. The minimum atomic E-state index is -0.276. The number of amides is 2. The van der Waals surface area contributed by atoms with Crippen LogP contribution >= 0.6 is 0 Å². The molecular weight excluding hydrogens is 366 g/mol. The zero-order valence-corrected chi connectivity index (χ0v) is 17.0. The summed E-state index contributed by atoms with van der Waals surface area (Å²) in [7, 11) is 0. The number of hydrogen-bond acceptors (Lipinski definition) is 4. The summed E-state index contributed by atoms with van der Waals surface area (Å²) in [5.74, 6) is 0.375. The van der Waals surface area contributed by atoms with E-state index in [4.69, 9.17) is 0 Å². The van der Waals surface area contributed by atoms with E-state index >= 15 is 0 Å². The quantitative estimate of drug-likeness (QED) is 0.779. The van der Waals surface area contributed by atoms with E-state index in [1.54, 1.807) is 17.1 Å². The molecule has 4 rings (SSSR count). The molecule has 2 aromatic heterocycles. The molecule has 4 heterocycles. The summed E-state index contributed by atoms with van der Waals surface area (Å²) in [5, 5.41) is 4.20. The Hall–Kier alpha value is -2.70. The van der Waals surface area contributed by atoms with E-state index in [9.17, 15) is 9.59 Å². The van der Waals surface area contributed by atoms with Crippen molar-refractivity contribution in [2.24, 2.45) is 5.41 Å². The van der Waals surface area contributed by atoms with Gasteiger partial charge in [0.05, 0.1) is 0 Å². The third-order valence-corrected chi connectivity index (χ3v) is 6.53. The molecule has 154 valence electrons. The number of aromatic nitrogens is 3.